The van der Waals surface area contributed by atoms with Crippen molar-refractivity contribution in [3.05, 3.63) is 20.6 Å². The number of thiazole rings is 1. The average molecular weight is 327 g/mol. The maximum absolute atomic E-state index is 11.7. The Morgan fingerprint density at radius 1 is 1.24 bits per heavy atom. The van der Waals surface area contributed by atoms with Crippen molar-refractivity contribution in [2.24, 2.45) is 0 Å². The zero-order valence-electron chi connectivity index (χ0n) is 11.3. The predicted molar refractivity (Wildman–Crippen MR) is 79.0 cm³/mol. The summed E-state index contributed by atoms with van der Waals surface area (Å²) in [6, 6.07) is -0.432. The Labute approximate surface area is 128 Å². The second-order valence-corrected chi connectivity index (χ2v) is 6.14. The second-order valence-electron chi connectivity index (χ2n) is 3.99. The lowest BCUT2D eigenvalue weighted by molar-refractivity contribution is 0.0701. The number of rotatable bonds is 5. The van der Waals surface area contributed by atoms with Gasteiger partial charge in [-0.2, -0.15) is 0 Å². The molecule has 0 saturated carbocycles. The topological polar surface area (TPSA) is 117 Å². The number of amides is 2. The van der Waals surface area contributed by atoms with Crippen molar-refractivity contribution < 1.29 is 14.7 Å². The highest BCUT2D eigenvalue weighted by Gasteiger charge is 2.14. The number of nitrogens with zero attached hydrogens (tertiary/aromatic N) is 3. The maximum atomic E-state index is 11.7. The molecule has 0 unspecified atom stereocenters. The molecule has 0 saturated heterocycles. The number of carbonyl (C=O) groups is 2. The first kappa shape index (κ1) is 15.3. The van der Waals surface area contributed by atoms with E-state index in [1.54, 1.807) is 6.92 Å². The molecule has 2 rings (SSSR count). The number of carboxylic acids is 1. The third-order valence-corrected chi connectivity index (χ3v) is 4.55. The minimum Gasteiger partial charge on any atom is -0.477 e. The lowest BCUT2D eigenvalue weighted by Gasteiger charge is -2.02. The molecular formula is C11H13N5O3S2. The molecule has 10 heteroatoms. The van der Waals surface area contributed by atoms with Crippen LogP contribution in [0.15, 0.2) is 0 Å². The van der Waals surface area contributed by atoms with Crippen molar-refractivity contribution in [2.45, 2.75) is 26.8 Å². The quantitative estimate of drug-likeness (QED) is 0.772. The van der Waals surface area contributed by atoms with E-state index >= 15 is 0 Å². The van der Waals surface area contributed by atoms with Gasteiger partial charge in [0.05, 0.1) is 12.2 Å². The van der Waals surface area contributed by atoms with Gasteiger partial charge < -0.3 is 10.4 Å². The van der Waals surface area contributed by atoms with Gasteiger partial charge in [0.2, 0.25) is 5.13 Å². The lowest BCUT2D eigenvalue weighted by Crippen LogP contribution is -2.28. The first-order valence-corrected chi connectivity index (χ1v) is 7.69. The van der Waals surface area contributed by atoms with Crippen LogP contribution in [0.4, 0.5) is 9.93 Å². The van der Waals surface area contributed by atoms with Gasteiger partial charge in [-0.3, -0.25) is 5.32 Å². The van der Waals surface area contributed by atoms with Gasteiger partial charge in [-0.1, -0.05) is 18.3 Å². The number of aromatic carboxylic acids is 1. The fourth-order valence-electron chi connectivity index (χ4n) is 1.47. The Balaban J connectivity index is 1.89. The summed E-state index contributed by atoms with van der Waals surface area (Å²) in [6.45, 7) is 3.73. The SMILES string of the molecule is CCc1nnc(NC(=O)NCc2nc(C)c(C(=O)O)s2)s1. The molecule has 0 spiro atoms. The Bertz CT molecular complexity index is 667. The summed E-state index contributed by atoms with van der Waals surface area (Å²) >= 11 is 2.35. The number of aryl methyl sites for hydroxylation is 2. The first-order valence-electron chi connectivity index (χ1n) is 6.06. The van der Waals surface area contributed by atoms with Crippen molar-refractivity contribution in [3.8, 4) is 0 Å². The van der Waals surface area contributed by atoms with Crippen molar-refractivity contribution in [3.63, 3.8) is 0 Å². The van der Waals surface area contributed by atoms with Crippen LogP contribution in [-0.4, -0.2) is 32.3 Å². The van der Waals surface area contributed by atoms with E-state index in [0.29, 0.717) is 15.8 Å². The first-order chi connectivity index (χ1) is 9.99. The molecule has 3 N–H and O–H groups in total. The Morgan fingerprint density at radius 3 is 2.57 bits per heavy atom. The van der Waals surface area contributed by atoms with Crippen molar-refractivity contribution >= 4 is 39.8 Å². The largest absolute Gasteiger partial charge is 0.477 e. The number of nitrogens with one attached hydrogen (secondary N) is 2. The van der Waals surface area contributed by atoms with Crippen LogP contribution in [-0.2, 0) is 13.0 Å². The van der Waals surface area contributed by atoms with Crippen LogP contribution in [0.5, 0.6) is 0 Å². The summed E-state index contributed by atoms with van der Waals surface area (Å²) < 4.78 is 0. The monoisotopic (exact) mass is 327 g/mol. The van der Waals surface area contributed by atoms with Crippen LogP contribution in [0.1, 0.15) is 32.3 Å². The summed E-state index contributed by atoms with van der Waals surface area (Å²) in [4.78, 5) is 26.9. The molecule has 0 bridgehead atoms. The van der Waals surface area contributed by atoms with Crippen LogP contribution in [0.3, 0.4) is 0 Å². The summed E-state index contributed by atoms with van der Waals surface area (Å²) in [7, 11) is 0. The molecule has 2 aromatic heterocycles. The van der Waals surface area contributed by atoms with E-state index in [-0.39, 0.29) is 11.4 Å². The van der Waals surface area contributed by atoms with Crippen molar-refractivity contribution in [1.82, 2.24) is 20.5 Å². The number of urea groups is 1. The van der Waals surface area contributed by atoms with E-state index < -0.39 is 12.0 Å². The van der Waals surface area contributed by atoms with Crippen LogP contribution in [0, 0.1) is 6.92 Å². The third-order valence-electron chi connectivity index (χ3n) is 2.43. The van der Waals surface area contributed by atoms with Gasteiger partial charge >= 0.3 is 12.0 Å². The standard InChI is InChI=1S/C11H13N5O3S2/c1-3-6-15-16-11(21-6)14-10(19)12-4-7-13-5(2)8(20-7)9(17)18/h3-4H2,1-2H3,(H,17,18)(H2,12,14,16,19). The van der Waals surface area contributed by atoms with Gasteiger partial charge in [-0.05, 0) is 13.3 Å². The molecule has 0 aromatic carbocycles. The Kier molecular flexibility index (Phi) is 4.81. The van der Waals surface area contributed by atoms with Crippen LogP contribution in [0.2, 0.25) is 0 Å². The number of carboxylic acid groups (broad SMARTS) is 1. The molecule has 0 fully saturated rings. The molecule has 21 heavy (non-hydrogen) atoms. The van der Waals surface area contributed by atoms with Crippen molar-refractivity contribution in [2.75, 3.05) is 5.32 Å². The van der Waals surface area contributed by atoms with Gasteiger partial charge in [0, 0.05) is 0 Å². The van der Waals surface area contributed by atoms with Gasteiger partial charge in [-0.25, -0.2) is 14.6 Å². The van der Waals surface area contributed by atoms with Crippen LogP contribution < -0.4 is 10.6 Å². The molecule has 0 aliphatic rings. The summed E-state index contributed by atoms with van der Waals surface area (Å²) in [5, 5.41) is 23.6. The molecule has 0 aliphatic heterocycles. The highest BCUT2D eigenvalue weighted by atomic mass is 32.1. The molecule has 2 amide bonds. The predicted octanol–water partition coefficient (Wildman–Crippen LogP) is 1.89. The van der Waals surface area contributed by atoms with Crippen molar-refractivity contribution in [1.29, 1.82) is 0 Å². The van der Waals surface area contributed by atoms with Gasteiger partial charge in [0.15, 0.2) is 0 Å². The van der Waals surface area contributed by atoms with E-state index in [2.05, 4.69) is 25.8 Å². The molecule has 112 valence electrons. The van der Waals surface area contributed by atoms with Gasteiger partial charge in [0.1, 0.15) is 14.9 Å². The molecule has 0 radical (unpaired) electrons. The Hall–Kier alpha value is -2.07. The molecule has 8 nitrogen and oxygen atoms in total. The third kappa shape index (κ3) is 3.95. The minimum atomic E-state index is -1.01. The zero-order chi connectivity index (χ0) is 15.4. The summed E-state index contributed by atoms with van der Waals surface area (Å²) in [5.74, 6) is -1.01. The summed E-state index contributed by atoms with van der Waals surface area (Å²) in [5.41, 5.74) is 0.446. The molecular weight excluding hydrogens is 314 g/mol. The van der Waals surface area contributed by atoms with E-state index in [1.165, 1.54) is 11.3 Å². The molecule has 0 atom stereocenters. The highest BCUT2D eigenvalue weighted by Crippen LogP contribution is 2.18. The summed E-state index contributed by atoms with van der Waals surface area (Å²) in [6.07, 6.45) is 0.761. The zero-order valence-corrected chi connectivity index (χ0v) is 13.0. The van der Waals surface area contributed by atoms with Gasteiger partial charge in [0.25, 0.3) is 0 Å². The number of hydrogen-bond acceptors (Lipinski definition) is 7. The van der Waals surface area contributed by atoms with Crippen LogP contribution in [0.25, 0.3) is 0 Å². The van der Waals surface area contributed by atoms with Gasteiger partial charge in [-0.15, -0.1) is 21.5 Å². The number of anilines is 1. The number of carbonyl (C=O) groups excluding carboxylic acids is 1. The second kappa shape index (κ2) is 6.59. The van der Waals surface area contributed by atoms with E-state index in [4.69, 9.17) is 5.11 Å². The smallest absolute Gasteiger partial charge is 0.347 e. The normalized spacial score (nSPS) is 10.4. The number of aromatic nitrogens is 3. The minimum absolute atomic E-state index is 0.157. The fraction of sp³-hybridized carbons (Fsp3) is 0.364. The average Bonchev–Trinajstić information content (AvgIpc) is 3.03. The fourth-order valence-corrected chi connectivity index (χ4v) is 2.99. The lowest BCUT2D eigenvalue weighted by atomic mass is 10.4. The van der Waals surface area contributed by atoms with E-state index in [0.717, 1.165) is 22.8 Å². The molecule has 2 aromatic rings. The van der Waals surface area contributed by atoms with Crippen LogP contribution >= 0.6 is 22.7 Å². The highest BCUT2D eigenvalue weighted by molar-refractivity contribution is 7.15. The molecule has 2 heterocycles. The molecule has 0 aliphatic carbocycles. The van der Waals surface area contributed by atoms with E-state index in [9.17, 15) is 9.59 Å². The van der Waals surface area contributed by atoms with E-state index in [1.807, 2.05) is 6.92 Å². The maximum Gasteiger partial charge on any atom is 0.347 e. The Morgan fingerprint density at radius 2 is 2.00 bits per heavy atom. The number of hydrogen-bond donors (Lipinski definition) is 3.